The van der Waals surface area contributed by atoms with Crippen molar-refractivity contribution >= 4 is 11.8 Å². The first-order valence-corrected chi connectivity index (χ1v) is 6.64. The van der Waals surface area contributed by atoms with Gasteiger partial charge in [0.1, 0.15) is 0 Å². The third-order valence-electron chi connectivity index (χ3n) is 3.06. The Morgan fingerprint density at radius 3 is 2.69 bits per heavy atom. The van der Waals surface area contributed by atoms with E-state index in [-0.39, 0.29) is 0 Å². The van der Waals surface area contributed by atoms with Crippen molar-refractivity contribution in [3.8, 4) is 0 Å². The maximum absolute atomic E-state index is 3.60. The minimum Gasteiger partial charge on any atom is -0.316 e. The molecular weight excluding hydrogens is 178 g/mol. The quantitative estimate of drug-likeness (QED) is 0.734. The van der Waals surface area contributed by atoms with Crippen LogP contribution in [0.1, 0.15) is 27.2 Å². The summed E-state index contributed by atoms with van der Waals surface area (Å²) in [5, 5.41) is 3.60. The van der Waals surface area contributed by atoms with Crippen LogP contribution >= 0.6 is 11.8 Å². The van der Waals surface area contributed by atoms with Gasteiger partial charge in [0, 0.05) is 0 Å². The van der Waals surface area contributed by atoms with Gasteiger partial charge in [-0.15, -0.1) is 0 Å². The first kappa shape index (κ1) is 11.4. The van der Waals surface area contributed by atoms with E-state index in [1.54, 1.807) is 0 Å². The predicted molar refractivity (Wildman–Crippen MR) is 62.3 cm³/mol. The number of thioether (sulfide) groups is 1. The van der Waals surface area contributed by atoms with E-state index in [0.717, 1.165) is 17.8 Å². The Balaban J connectivity index is 1.99. The molecule has 0 bridgehead atoms. The van der Waals surface area contributed by atoms with Gasteiger partial charge in [-0.25, -0.2) is 0 Å². The van der Waals surface area contributed by atoms with Gasteiger partial charge in [0.05, 0.1) is 0 Å². The summed E-state index contributed by atoms with van der Waals surface area (Å²) in [5.41, 5.74) is 0. The highest BCUT2D eigenvalue weighted by atomic mass is 32.2. The molecule has 0 aromatic rings. The molecule has 2 atom stereocenters. The van der Waals surface area contributed by atoms with Crippen LogP contribution in [0, 0.1) is 17.8 Å². The number of hydrogen-bond donors (Lipinski definition) is 1. The van der Waals surface area contributed by atoms with Crippen molar-refractivity contribution in [2.45, 2.75) is 27.2 Å². The highest BCUT2D eigenvalue weighted by Gasteiger charge is 2.15. The lowest BCUT2D eigenvalue weighted by Gasteiger charge is -2.17. The van der Waals surface area contributed by atoms with Crippen molar-refractivity contribution in [2.24, 2.45) is 17.8 Å². The molecule has 1 aliphatic rings. The summed E-state index contributed by atoms with van der Waals surface area (Å²) in [6, 6.07) is 0. The SMILES string of the molecule is CC(C)C(C)CNCC1CCSC1. The second kappa shape index (κ2) is 5.92. The van der Waals surface area contributed by atoms with Crippen molar-refractivity contribution in [3.05, 3.63) is 0 Å². The maximum Gasteiger partial charge on any atom is -0.00122 e. The zero-order chi connectivity index (χ0) is 9.68. The number of hydrogen-bond acceptors (Lipinski definition) is 2. The first-order chi connectivity index (χ1) is 6.20. The summed E-state index contributed by atoms with van der Waals surface area (Å²) in [7, 11) is 0. The predicted octanol–water partition coefficient (Wildman–Crippen LogP) is 2.62. The van der Waals surface area contributed by atoms with E-state index in [9.17, 15) is 0 Å². The molecule has 0 radical (unpaired) electrons. The van der Waals surface area contributed by atoms with Crippen molar-refractivity contribution in [1.29, 1.82) is 0 Å². The molecule has 0 aromatic heterocycles. The molecule has 0 amide bonds. The highest BCUT2D eigenvalue weighted by Crippen LogP contribution is 2.22. The first-order valence-electron chi connectivity index (χ1n) is 5.48. The van der Waals surface area contributed by atoms with Crippen LogP contribution in [0.15, 0.2) is 0 Å². The Hall–Kier alpha value is 0.310. The molecule has 0 aliphatic carbocycles. The smallest absolute Gasteiger partial charge is 0.00122 e. The number of nitrogens with one attached hydrogen (secondary N) is 1. The zero-order valence-corrected chi connectivity index (χ0v) is 9.99. The molecule has 1 heterocycles. The standard InChI is InChI=1S/C11H23NS/c1-9(2)10(3)6-12-7-11-4-5-13-8-11/h9-12H,4-8H2,1-3H3. The normalized spacial score (nSPS) is 25.4. The van der Waals surface area contributed by atoms with E-state index >= 15 is 0 Å². The van der Waals surface area contributed by atoms with Crippen LogP contribution in [-0.2, 0) is 0 Å². The Kier molecular flexibility index (Phi) is 5.18. The molecule has 78 valence electrons. The van der Waals surface area contributed by atoms with Crippen LogP contribution in [0.25, 0.3) is 0 Å². The molecule has 1 saturated heterocycles. The van der Waals surface area contributed by atoms with Crippen LogP contribution in [0.3, 0.4) is 0 Å². The molecule has 0 spiro atoms. The second-order valence-electron chi connectivity index (χ2n) is 4.61. The monoisotopic (exact) mass is 201 g/mol. The van der Waals surface area contributed by atoms with Gasteiger partial charge < -0.3 is 5.32 Å². The molecule has 1 N–H and O–H groups in total. The van der Waals surface area contributed by atoms with Gasteiger partial charge in [-0.3, -0.25) is 0 Å². The molecule has 13 heavy (non-hydrogen) atoms. The van der Waals surface area contributed by atoms with Crippen LogP contribution < -0.4 is 5.32 Å². The summed E-state index contributed by atoms with van der Waals surface area (Å²) in [4.78, 5) is 0. The average Bonchev–Trinajstić information content (AvgIpc) is 2.56. The molecule has 1 aliphatic heterocycles. The lowest BCUT2D eigenvalue weighted by molar-refractivity contribution is 0.379. The van der Waals surface area contributed by atoms with Crippen LogP contribution in [0.4, 0.5) is 0 Å². The summed E-state index contributed by atoms with van der Waals surface area (Å²) < 4.78 is 0. The summed E-state index contributed by atoms with van der Waals surface area (Å²) in [5.74, 6) is 5.33. The maximum atomic E-state index is 3.60. The lowest BCUT2D eigenvalue weighted by Crippen LogP contribution is -2.29. The van der Waals surface area contributed by atoms with Gasteiger partial charge in [-0.1, -0.05) is 20.8 Å². The highest BCUT2D eigenvalue weighted by molar-refractivity contribution is 7.99. The van der Waals surface area contributed by atoms with Crippen molar-refractivity contribution in [1.82, 2.24) is 5.32 Å². The second-order valence-corrected chi connectivity index (χ2v) is 5.76. The van der Waals surface area contributed by atoms with E-state index < -0.39 is 0 Å². The fraction of sp³-hybridized carbons (Fsp3) is 1.00. The Morgan fingerprint density at radius 1 is 1.38 bits per heavy atom. The Morgan fingerprint density at radius 2 is 2.15 bits per heavy atom. The van der Waals surface area contributed by atoms with E-state index in [1.165, 1.54) is 31.0 Å². The van der Waals surface area contributed by atoms with Crippen molar-refractivity contribution < 1.29 is 0 Å². The average molecular weight is 201 g/mol. The third-order valence-corrected chi connectivity index (χ3v) is 4.29. The molecule has 1 fully saturated rings. The van der Waals surface area contributed by atoms with Gasteiger partial charge >= 0.3 is 0 Å². The topological polar surface area (TPSA) is 12.0 Å². The van der Waals surface area contributed by atoms with Gasteiger partial charge in [0.2, 0.25) is 0 Å². The van der Waals surface area contributed by atoms with E-state index in [0.29, 0.717) is 0 Å². The van der Waals surface area contributed by atoms with Crippen LogP contribution in [0.5, 0.6) is 0 Å². The summed E-state index contributed by atoms with van der Waals surface area (Å²) in [6.45, 7) is 9.37. The molecule has 1 nitrogen and oxygen atoms in total. The number of rotatable bonds is 5. The summed E-state index contributed by atoms with van der Waals surface area (Å²) >= 11 is 2.11. The molecule has 0 saturated carbocycles. The van der Waals surface area contributed by atoms with Crippen LogP contribution in [0.2, 0.25) is 0 Å². The fourth-order valence-electron chi connectivity index (χ4n) is 1.50. The van der Waals surface area contributed by atoms with Gasteiger partial charge in [0.25, 0.3) is 0 Å². The molecule has 2 unspecified atom stereocenters. The Bertz CT molecular complexity index is 128. The summed E-state index contributed by atoms with van der Waals surface area (Å²) in [6.07, 6.45) is 1.42. The third kappa shape index (κ3) is 4.37. The molecule has 2 heteroatoms. The molecular formula is C11H23NS. The minimum absolute atomic E-state index is 0.811. The van der Waals surface area contributed by atoms with E-state index in [4.69, 9.17) is 0 Å². The van der Waals surface area contributed by atoms with E-state index in [2.05, 4.69) is 37.8 Å². The van der Waals surface area contributed by atoms with Crippen LogP contribution in [-0.4, -0.2) is 24.6 Å². The van der Waals surface area contributed by atoms with Gasteiger partial charge in [0.15, 0.2) is 0 Å². The lowest BCUT2D eigenvalue weighted by atomic mass is 9.98. The van der Waals surface area contributed by atoms with E-state index in [1.807, 2.05) is 0 Å². The Labute approximate surface area is 87.1 Å². The zero-order valence-electron chi connectivity index (χ0n) is 9.18. The van der Waals surface area contributed by atoms with Gasteiger partial charge in [-0.2, -0.15) is 11.8 Å². The van der Waals surface area contributed by atoms with Crippen molar-refractivity contribution in [3.63, 3.8) is 0 Å². The largest absolute Gasteiger partial charge is 0.316 e. The molecule has 1 rings (SSSR count). The minimum atomic E-state index is 0.811. The van der Waals surface area contributed by atoms with Gasteiger partial charge in [-0.05, 0) is 48.8 Å². The fourth-order valence-corrected chi connectivity index (χ4v) is 2.78. The molecule has 0 aromatic carbocycles. The van der Waals surface area contributed by atoms with Crippen molar-refractivity contribution in [2.75, 3.05) is 24.6 Å².